The third kappa shape index (κ3) is 6.02. The average Bonchev–Trinajstić information content (AvgIpc) is 2.98. The van der Waals surface area contributed by atoms with Crippen LogP contribution in [-0.2, 0) is 20.2 Å². The molecule has 0 radical (unpaired) electrons. The highest BCUT2D eigenvalue weighted by Gasteiger charge is 2.22. The third-order valence-electron chi connectivity index (χ3n) is 3.29. The Hall–Kier alpha value is -1.58. The summed E-state index contributed by atoms with van der Waals surface area (Å²) in [6.07, 6.45) is 3.26. The molecule has 0 saturated carbocycles. The summed E-state index contributed by atoms with van der Waals surface area (Å²) in [6.45, 7) is 2.03. The molecule has 1 aromatic heterocycles. The summed E-state index contributed by atoms with van der Waals surface area (Å²) in [6, 6.07) is 7.62. The summed E-state index contributed by atoms with van der Waals surface area (Å²) >= 11 is 1.10. The molecule has 0 unspecified atom stereocenters. The normalized spacial score (nSPS) is 12.0. The summed E-state index contributed by atoms with van der Waals surface area (Å²) in [5.41, 5.74) is 0. The monoisotopic (exact) mass is 404 g/mol. The van der Waals surface area contributed by atoms with Crippen molar-refractivity contribution in [3.63, 3.8) is 0 Å². The summed E-state index contributed by atoms with van der Waals surface area (Å²) < 4.78 is 58.6. The molecular weight excluding hydrogens is 384 g/mol. The molecule has 2 aromatic rings. The van der Waals surface area contributed by atoms with Crippen molar-refractivity contribution >= 4 is 31.6 Å². The lowest BCUT2D eigenvalue weighted by Gasteiger charge is -2.09. The number of hydrogen-bond donors (Lipinski definition) is 0. The maximum absolute atomic E-state index is 12.2. The molecule has 0 N–H and O–H groups in total. The van der Waals surface area contributed by atoms with Crippen LogP contribution in [0.1, 0.15) is 32.6 Å². The van der Waals surface area contributed by atoms with Gasteiger partial charge in [-0.3, -0.25) is 0 Å². The first-order valence-corrected chi connectivity index (χ1v) is 11.7. The Balaban J connectivity index is 2.08. The van der Waals surface area contributed by atoms with Crippen LogP contribution in [0.4, 0.5) is 0 Å². The van der Waals surface area contributed by atoms with E-state index in [1.54, 1.807) is 18.2 Å². The second kappa shape index (κ2) is 8.68. The Morgan fingerprint density at radius 2 is 1.52 bits per heavy atom. The van der Waals surface area contributed by atoms with Crippen molar-refractivity contribution in [1.29, 1.82) is 0 Å². The van der Waals surface area contributed by atoms with E-state index >= 15 is 0 Å². The predicted molar refractivity (Wildman–Crippen MR) is 97.1 cm³/mol. The minimum atomic E-state index is -4.05. The summed E-state index contributed by atoms with van der Waals surface area (Å²) in [5.74, 6) is -0.362. The Kier molecular flexibility index (Phi) is 6.86. The number of unbranched alkanes of at least 4 members (excludes halogenated alkanes) is 3. The molecule has 0 amide bonds. The maximum Gasteiger partial charge on any atom is 0.339 e. The molecule has 0 saturated heterocycles. The molecule has 0 fully saturated rings. The van der Waals surface area contributed by atoms with Gasteiger partial charge in [0.05, 0.1) is 5.75 Å². The highest BCUT2D eigenvalue weighted by molar-refractivity contribution is 7.87. The van der Waals surface area contributed by atoms with E-state index in [1.165, 1.54) is 22.9 Å². The van der Waals surface area contributed by atoms with E-state index in [0.717, 1.165) is 30.6 Å². The van der Waals surface area contributed by atoms with Crippen molar-refractivity contribution in [1.82, 2.24) is 0 Å². The van der Waals surface area contributed by atoms with E-state index in [4.69, 9.17) is 8.37 Å². The van der Waals surface area contributed by atoms with Gasteiger partial charge in [0.1, 0.15) is 4.90 Å². The van der Waals surface area contributed by atoms with Gasteiger partial charge in [-0.25, -0.2) is 0 Å². The fraction of sp³-hybridized carbons (Fsp3) is 0.375. The maximum atomic E-state index is 12.2. The van der Waals surface area contributed by atoms with Crippen LogP contribution in [0, 0.1) is 0 Å². The molecule has 1 heterocycles. The number of thiophene rings is 1. The molecule has 0 aliphatic carbocycles. The van der Waals surface area contributed by atoms with Gasteiger partial charge >= 0.3 is 20.2 Å². The van der Waals surface area contributed by atoms with E-state index < -0.39 is 20.2 Å². The van der Waals surface area contributed by atoms with Crippen molar-refractivity contribution in [3.05, 3.63) is 41.1 Å². The van der Waals surface area contributed by atoms with Gasteiger partial charge in [0.15, 0.2) is 11.5 Å². The van der Waals surface area contributed by atoms with Crippen molar-refractivity contribution in [2.75, 3.05) is 5.75 Å². The Bertz CT molecular complexity index is 870. The van der Waals surface area contributed by atoms with E-state index in [2.05, 4.69) is 0 Å². The molecule has 2 rings (SSSR count). The van der Waals surface area contributed by atoms with Gasteiger partial charge < -0.3 is 8.37 Å². The molecular formula is C16H20O6S3. The van der Waals surface area contributed by atoms with Crippen LogP contribution in [0.2, 0.25) is 0 Å². The quantitative estimate of drug-likeness (QED) is 0.442. The van der Waals surface area contributed by atoms with Crippen molar-refractivity contribution in [3.8, 4) is 11.5 Å². The van der Waals surface area contributed by atoms with Crippen molar-refractivity contribution in [2.45, 2.75) is 37.5 Å². The summed E-state index contributed by atoms with van der Waals surface area (Å²) in [5, 5.41) is 2.79. The fourth-order valence-electron chi connectivity index (χ4n) is 2.03. The van der Waals surface area contributed by atoms with Crippen molar-refractivity contribution in [2.24, 2.45) is 0 Å². The van der Waals surface area contributed by atoms with Gasteiger partial charge in [-0.15, -0.1) is 11.3 Å². The smallest absolute Gasteiger partial charge is 0.339 e. The number of rotatable bonds is 10. The lowest BCUT2D eigenvalue weighted by atomic mass is 10.2. The zero-order valence-electron chi connectivity index (χ0n) is 13.8. The first-order chi connectivity index (χ1) is 11.8. The highest BCUT2D eigenvalue weighted by atomic mass is 32.2. The zero-order valence-corrected chi connectivity index (χ0v) is 16.2. The fourth-order valence-corrected chi connectivity index (χ4v) is 4.80. The molecule has 0 atom stereocenters. The van der Waals surface area contributed by atoms with Gasteiger partial charge in [0, 0.05) is 10.8 Å². The van der Waals surface area contributed by atoms with Gasteiger partial charge in [-0.05, 0) is 18.6 Å². The SMILES string of the molecule is CCCCCCS(=O)(=O)Oc1cscc1OS(=O)(=O)c1ccccc1. The van der Waals surface area contributed by atoms with E-state index in [0.29, 0.717) is 6.42 Å². The van der Waals surface area contributed by atoms with E-state index in [9.17, 15) is 16.8 Å². The Morgan fingerprint density at radius 1 is 0.880 bits per heavy atom. The summed E-state index contributed by atoms with van der Waals surface area (Å²) in [7, 11) is -7.85. The van der Waals surface area contributed by atoms with E-state index in [1.807, 2.05) is 6.92 Å². The topological polar surface area (TPSA) is 86.7 Å². The van der Waals surface area contributed by atoms with Gasteiger partial charge in [-0.1, -0.05) is 44.4 Å². The Labute approximate surface area is 152 Å². The average molecular weight is 405 g/mol. The lowest BCUT2D eigenvalue weighted by molar-refractivity contribution is 0.450. The standard InChI is InChI=1S/C16H20O6S3/c1-2-3-4-8-11-24(17,18)21-15-12-23-13-16(15)22-25(19,20)14-9-6-5-7-10-14/h5-7,9-10,12-13H,2-4,8,11H2,1H3. The third-order valence-corrected chi connectivity index (χ3v) is 6.46. The molecule has 0 aliphatic heterocycles. The number of benzene rings is 1. The molecule has 0 bridgehead atoms. The molecule has 1 aromatic carbocycles. The van der Waals surface area contributed by atoms with Crippen LogP contribution in [0.15, 0.2) is 46.0 Å². The predicted octanol–water partition coefficient (Wildman–Crippen LogP) is 3.80. The number of hydrogen-bond acceptors (Lipinski definition) is 7. The highest BCUT2D eigenvalue weighted by Crippen LogP contribution is 2.35. The molecule has 138 valence electrons. The van der Waals surface area contributed by atoms with Gasteiger partial charge in [-0.2, -0.15) is 16.8 Å². The first-order valence-electron chi connectivity index (χ1n) is 7.82. The molecule has 6 nitrogen and oxygen atoms in total. The first kappa shape index (κ1) is 19.7. The summed E-state index contributed by atoms with van der Waals surface area (Å²) in [4.78, 5) is -0.0189. The van der Waals surface area contributed by atoms with Gasteiger partial charge in [0.25, 0.3) is 0 Å². The molecule has 0 spiro atoms. The minimum absolute atomic E-state index is 0.0189. The second-order valence-corrected chi connectivity index (χ2v) is 9.34. The zero-order chi connectivity index (χ0) is 18.3. The van der Waals surface area contributed by atoms with Crippen molar-refractivity contribution < 1.29 is 25.2 Å². The molecule has 25 heavy (non-hydrogen) atoms. The molecule has 9 heteroatoms. The molecule has 0 aliphatic rings. The lowest BCUT2D eigenvalue weighted by Crippen LogP contribution is -2.15. The van der Waals surface area contributed by atoms with E-state index in [-0.39, 0.29) is 22.1 Å². The van der Waals surface area contributed by atoms with Gasteiger partial charge in [0.2, 0.25) is 0 Å². The largest absolute Gasteiger partial charge is 0.377 e. The van der Waals surface area contributed by atoms with Crippen LogP contribution in [0.25, 0.3) is 0 Å². The van der Waals surface area contributed by atoms with Crippen LogP contribution in [-0.4, -0.2) is 22.6 Å². The van der Waals surface area contributed by atoms with Crippen LogP contribution in [0.5, 0.6) is 11.5 Å². The minimum Gasteiger partial charge on any atom is -0.377 e. The second-order valence-electron chi connectivity index (χ2n) is 5.36. The van der Waals surface area contributed by atoms with Crippen LogP contribution >= 0.6 is 11.3 Å². The van der Waals surface area contributed by atoms with Crippen LogP contribution < -0.4 is 8.37 Å². The Morgan fingerprint density at radius 3 is 2.16 bits per heavy atom. The van der Waals surface area contributed by atoms with Crippen LogP contribution in [0.3, 0.4) is 0 Å².